The molecule has 0 saturated heterocycles. The SMILES string of the molecule is COc1ccc(C2(C(=O)NCCc3ncnn3C)CC2(C)C)cc1. The van der Waals surface area contributed by atoms with Crippen LogP contribution in [0.5, 0.6) is 5.75 Å². The molecule has 0 spiro atoms. The van der Waals surface area contributed by atoms with Crippen molar-refractivity contribution in [1.29, 1.82) is 0 Å². The highest BCUT2D eigenvalue weighted by molar-refractivity contribution is 5.93. The van der Waals surface area contributed by atoms with Gasteiger partial charge < -0.3 is 10.1 Å². The molecule has 1 fully saturated rings. The Hall–Kier alpha value is -2.37. The van der Waals surface area contributed by atoms with E-state index in [4.69, 9.17) is 4.74 Å². The molecule has 1 aromatic heterocycles. The molecule has 0 bridgehead atoms. The first-order valence-corrected chi connectivity index (χ1v) is 8.16. The lowest BCUT2D eigenvalue weighted by Crippen LogP contribution is -2.39. The maximum atomic E-state index is 12.9. The van der Waals surface area contributed by atoms with Gasteiger partial charge in [0.05, 0.1) is 12.5 Å². The molecule has 1 amide bonds. The standard InChI is InChI=1S/C18H24N4O2/c1-17(2)11-18(17,13-5-7-14(24-4)8-6-13)16(23)19-10-9-15-20-12-21-22(15)3/h5-8,12H,9-11H2,1-4H3,(H,19,23). The molecule has 3 rings (SSSR count). The van der Waals surface area contributed by atoms with Gasteiger partial charge in [0.2, 0.25) is 5.91 Å². The Labute approximate surface area is 142 Å². The summed E-state index contributed by atoms with van der Waals surface area (Å²) in [6.45, 7) is 4.83. The number of carbonyl (C=O) groups is 1. The summed E-state index contributed by atoms with van der Waals surface area (Å²) in [5.41, 5.74) is 0.541. The van der Waals surface area contributed by atoms with Crippen molar-refractivity contribution in [2.45, 2.75) is 32.1 Å². The maximum Gasteiger partial charge on any atom is 0.231 e. The summed E-state index contributed by atoms with van der Waals surface area (Å²) in [6.07, 6.45) is 3.05. The number of nitrogens with zero attached hydrogens (tertiary/aromatic N) is 3. The molecule has 1 unspecified atom stereocenters. The van der Waals surface area contributed by atoms with Crippen molar-refractivity contribution in [3.05, 3.63) is 42.0 Å². The first-order chi connectivity index (χ1) is 11.4. The van der Waals surface area contributed by atoms with Gasteiger partial charge in [-0.05, 0) is 29.5 Å². The molecular formula is C18H24N4O2. The topological polar surface area (TPSA) is 69.0 Å². The Morgan fingerprint density at radius 3 is 2.50 bits per heavy atom. The predicted molar refractivity (Wildman–Crippen MR) is 90.8 cm³/mol. The van der Waals surface area contributed by atoms with Crippen LogP contribution in [0.3, 0.4) is 0 Å². The van der Waals surface area contributed by atoms with Crippen LogP contribution in [0.4, 0.5) is 0 Å². The van der Waals surface area contributed by atoms with Gasteiger partial charge in [-0.1, -0.05) is 26.0 Å². The van der Waals surface area contributed by atoms with Crippen LogP contribution in [0.2, 0.25) is 0 Å². The highest BCUT2D eigenvalue weighted by atomic mass is 16.5. The predicted octanol–water partition coefficient (Wildman–Crippen LogP) is 1.85. The van der Waals surface area contributed by atoms with Crippen LogP contribution in [-0.2, 0) is 23.7 Å². The number of benzene rings is 1. The van der Waals surface area contributed by atoms with Crippen LogP contribution in [0.25, 0.3) is 0 Å². The van der Waals surface area contributed by atoms with E-state index in [0.29, 0.717) is 13.0 Å². The normalized spacial score (nSPS) is 21.3. The van der Waals surface area contributed by atoms with Gasteiger partial charge in [0.25, 0.3) is 0 Å². The van der Waals surface area contributed by atoms with E-state index in [1.165, 1.54) is 6.33 Å². The summed E-state index contributed by atoms with van der Waals surface area (Å²) in [4.78, 5) is 17.1. The van der Waals surface area contributed by atoms with Crippen LogP contribution in [-0.4, -0.2) is 34.3 Å². The number of aromatic nitrogens is 3. The summed E-state index contributed by atoms with van der Waals surface area (Å²) in [5.74, 6) is 1.75. The van der Waals surface area contributed by atoms with Crippen molar-refractivity contribution in [1.82, 2.24) is 20.1 Å². The molecule has 0 aliphatic heterocycles. The van der Waals surface area contributed by atoms with Crippen LogP contribution in [0, 0.1) is 5.41 Å². The van der Waals surface area contributed by atoms with Crippen molar-refractivity contribution in [2.24, 2.45) is 12.5 Å². The van der Waals surface area contributed by atoms with Gasteiger partial charge in [0, 0.05) is 20.0 Å². The fraction of sp³-hybridized carbons (Fsp3) is 0.500. The van der Waals surface area contributed by atoms with E-state index >= 15 is 0 Å². The molecule has 2 aromatic rings. The second-order valence-corrected chi connectivity index (χ2v) is 7.00. The van der Waals surface area contributed by atoms with E-state index in [9.17, 15) is 4.79 Å². The molecule has 1 aliphatic carbocycles. The van der Waals surface area contributed by atoms with Gasteiger partial charge in [-0.3, -0.25) is 9.48 Å². The average molecular weight is 328 g/mol. The molecule has 1 aliphatic rings. The van der Waals surface area contributed by atoms with E-state index < -0.39 is 5.41 Å². The number of hydrogen-bond donors (Lipinski definition) is 1. The maximum absolute atomic E-state index is 12.9. The van der Waals surface area contributed by atoms with Gasteiger partial charge in [-0.25, -0.2) is 4.98 Å². The van der Waals surface area contributed by atoms with E-state index in [0.717, 1.165) is 23.6 Å². The summed E-state index contributed by atoms with van der Waals surface area (Å²) < 4.78 is 6.95. The number of carbonyl (C=O) groups excluding carboxylic acids is 1. The van der Waals surface area contributed by atoms with Crippen molar-refractivity contribution >= 4 is 5.91 Å². The molecule has 1 atom stereocenters. The van der Waals surface area contributed by atoms with Crippen LogP contribution >= 0.6 is 0 Å². The highest BCUT2D eigenvalue weighted by Crippen LogP contribution is 2.64. The molecule has 1 heterocycles. The summed E-state index contributed by atoms with van der Waals surface area (Å²) in [7, 11) is 3.50. The fourth-order valence-electron chi connectivity index (χ4n) is 3.49. The van der Waals surface area contributed by atoms with Crippen LogP contribution in [0.15, 0.2) is 30.6 Å². The first-order valence-electron chi connectivity index (χ1n) is 8.16. The second-order valence-electron chi connectivity index (χ2n) is 7.00. The lowest BCUT2D eigenvalue weighted by Gasteiger charge is -2.21. The summed E-state index contributed by atoms with van der Waals surface area (Å²) in [6, 6.07) is 7.82. The number of ether oxygens (including phenoxy) is 1. The van der Waals surface area contributed by atoms with Crippen LogP contribution < -0.4 is 10.1 Å². The molecule has 1 saturated carbocycles. The number of nitrogens with one attached hydrogen (secondary N) is 1. The van der Waals surface area contributed by atoms with E-state index in [1.807, 2.05) is 31.3 Å². The molecule has 0 radical (unpaired) electrons. The third kappa shape index (κ3) is 2.66. The molecule has 1 N–H and O–H groups in total. The lowest BCUT2D eigenvalue weighted by atomic mass is 9.87. The van der Waals surface area contributed by atoms with Crippen molar-refractivity contribution in [3.8, 4) is 5.75 Å². The molecule has 6 nitrogen and oxygen atoms in total. The highest BCUT2D eigenvalue weighted by Gasteiger charge is 2.66. The minimum atomic E-state index is -0.459. The second kappa shape index (κ2) is 5.92. The van der Waals surface area contributed by atoms with Crippen molar-refractivity contribution < 1.29 is 9.53 Å². The Morgan fingerprint density at radius 1 is 1.33 bits per heavy atom. The van der Waals surface area contributed by atoms with Crippen LogP contribution in [0.1, 0.15) is 31.7 Å². The average Bonchev–Trinajstić information content (AvgIpc) is 2.93. The van der Waals surface area contributed by atoms with E-state index in [-0.39, 0.29) is 11.3 Å². The summed E-state index contributed by atoms with van der Waals surface area (Å²) >= 11 is 0. The zero-order valence-electron chi connectivity index (χ0n) is 14.7. The quantitative estimate of drug-likeness (QED) is 0.879. The fourth-order valence-corrected chi connectivity index (χ4v) is 3.49. The number of hydrogen-bond acceptors (Lipinski definition) is 4. The molecule has 24 heavy (non-hydrogen) atoms. The van der Waals surface area contributed by atoms with Gasteiger partial charge in [0.1, 0.15) is 17.9 Å². The third-order valence-electron chi connectivity index (χ3n) is 5.15. The van der Waals surface area contributed by atoms with Crippen molar-refractivity contribution in [2.75, 3.05) is 13.7 Å². The Morgan fingerprint density at radius 2 is 2.00 bits per heavy atom. The third-order valence-corrected chi connectivity index (χ3v) is 5.15. The first kappa shape index (κ1) is 16.5. The van der Waals surface area contributed by atoms with E-state index in [2.05, 4.69) is 29.2 Å². The number of rotatable bonds is 6. The molecule has 1 aromatic carbocycles. The minimum absolute atomic E-state index is 0.0452. The Bertz CT molecular complexity index is 736. The zero-order valence-corrected chi connectivity index (χ0v) is 14.7. The van der Waals surface area contributed by atoms with Crippen molar-refractivity contribution in [3.63, 3.8) is 0 Å². The number of amides is 1. The largest absolute Gasteiger partial charge is 0.497 e. The Balaban J connectivity index is 1.71. The zero-order chi connectivity index (χ0) is 17.4. The Kier molecular flexibility index (Phi) is 4.07. The monoisotopic (exact) mass is 328 g/mol. The molecular weight excluding hydrogens is 304 g/mol. The van der Waals surface area contributed by atoms with E-state index in [1.54, 1.807) is 11.8 Å². The lowest BCUT2D eigenvalue weighted by molar-refractivity contribution is -0.124. The van der Waals surface area contributed by atoms with Gasteiger partial charge in [-0.15, -0.1) is 0 Å². The number of methoxy groups -OCH3 is 1. The number of aryl methyl sites for hydroxylation is 1. The van der Waals surface area contributed by atoms with Gasteiger partial charge in [-0.2, -0.15) is 5.10 Å². The van der Waals surface area contributed by atoms with Gasteiger partial charge in [0.15, 0.2) is 0 Å². The minimum Gasteiger partial charge on any atom is -0.497 e. The van der Waals surface area contributed by atoms with Gasteiger partial charge >= 0.3 is 0 Å². The molecule has 128 valence electrons. The molecule has 6 heteroatoms. The summed E-state index contributed by atoms with van der Waals surface area (Å²) in [5, 5.41) is 7.13. The smallest absolute Gasteiger partial charge is 0.231 e.